The van der Waals surface area contributed by atoms with Gasteiger partial charge in [0.2, 0.25) is 5.88 Å². The van der Waals surface area contributed by atoms with E-state index in [2.05, 4.69) is 10.5 Å². The number of nitrogens with zero attached hydrogens (tertiary/aromatic N) is 1. The van der Waals surface area contributed by atoms with E-state index in [9.17, 15) is 9.59 Å². The summed E-state index contributed by atoms with van der Waals surface area (Å²) in [4.78, 5) is 22.8. The topological polar surface area (TPSA) is 92.4 Å². The van der Waals surface area contributed by atoms with Gasteiger partial charge in [0.1, 0.15) is 5.56 Å². The first kappa shape index (κ1) is 11.8. The molecule has 1 aromatic heterocycles. The summed E-state index contributed by atoms with van der Waals surface area (Å²) >= 11 is 0. The van der Waals surface area contributed by atoms with Crippen molar-refractivity contribution in [3.8, 4) is 0 Å². The Bertz CT molecular complexity index is 589. The number of aromatic nitrogens is 1. The van der Waals surface area contributed by atoms with Crippen molar-refractivity contribution in [1.29, 1.82) is 0 Å². The molecule has 0 aliphatic heterocycles. The first-order valence-corrected chi connectivity index (χ1v) is 5.15. The Hall–Kier alpha value is -2.63. The molecule has 0 fully saturated rings. The van der Waals surface area contributed by atoms with Gasteiger partial charge in [-0.05, 0) is 19.1 Å². The number of hydrogen-bond acceptors (Lipinski definition) is 4. The molecule has 18 heavy (non-hydrogen) atoms. The molecule has 6 nitrogen and oxygen atoms in total. The van der Waals surface area contributed by atoms with Crippen LogP contribution >= 0.6 is 0 Å². The Morgan fingerprint density at radius 2 is 1.94 bits per heavy atom. The van der Waals surface area contributed by atoms with Crippen LogP contribution in [-0.2, 0) is 0 Å². The molecule has 0 saturated carbocycles. The lowest BCUT2D eigenvalue weighted by Gasteiger charge is -2.01. The number of carboxylic acids is 1. The number of carboxylic acid groups (broad SMARTS) is 1. The molecule has 92 valence electrons. The number of aromatic carboxylic acids is 1. The molecule has 0 unspecified atom stereocenters. The fourth-order valence-electron chi connectivity index (χ4n) is 1.47. The third-order valence-corrected chi connectivity index (χ3v) is 2.34. The van der Waals surface area contributed by atoms with Crippen molar-refractivity contribution in [1.82, 2.24) is 5.16 Å². The van der Waals surface area contributed by atoms with E-state index in [1.165, 1.54) is 6.92 Å². The number of carbonyl (C=O) groups excluding carboxylic acids is 1. The normalized spacial score (nSPS) is 10.1. The Labute approximate surface area is 102 Å². The molecule has 1 amide bonds. The molecule has 0 aliphatic carbocycles. The van der Waals surface area contributed by atoms with Crippen LogP contribution in [0.1, 0.15) is 26.4 Å². The lowest BCUT2D eigenvalue weighted by molar-refractivity contribution is 0.0697. The van der Waals surface area contributed by atoms with Crippen molar-refractivity contribution in [3.05, 3.63) is 47.2 Å². The van der Waals surface area contributed by atoms with Crippen LogP contribution in [0.4, 0.5) is 5.88 Å². The summed E-state index contributed by atoms with van der Waals surface area (Å²) in [6.45, 7) is 1.49. The van der Waals surface area contributed by atoms with E-state index in [4.69, 9.17) is 9.63 Å². The Morgan fingerprint density at radius 1 is 1.28 bits per heavy atom. The molecular weight excluding hydrogens is 236 g/mol. The summed E-state index contributed by atoms with van der Waals surface area (Å²) in [5.74, 6) is -1.81. The van der Waals surface area contributed by atoms with Crippen LogP contribution in [0.5, 0.6) is 0 Å². The van der Waals surface area contributed by atoms with Crippen molar-refractivity contribution in [3.63, 3.8) is 0 Å². The van der Waals surface area contributed by atoms with E-state index < -0.39 is 11.9 Å². The van der Waals surface area contributed by atoms with E-state index in [0.29, 0.717) is 5.56 Å². The van der Waals surface area contributed by atoms with Crippen molar-refractivity contribution in [2.75, 3.05) is 5.32 Å². The summed E-state index contributed by atoms with van der Waals surface area (Å²) < 4.78 is 4.79. The third-order valence-electron chi connectivity index (χ3n) is 2.34. The SMILES string of the molecule is Cc1noc(NC(=O)c2ccccc2)c1C(=O)O. The van der Waals surface area contributed by atoms with Gasteiger partial charge in [-0.25, -0.2) is 4.79 Å². The summed E-state index contributed by atoms with van der Waals surface area (Å²) in [7, 11) is 0. The number of anilines is 1. The standard InChI is InChI=1S/C12H10N2O4/c1-7-9(12(16)17)11(18-14-7)13-10(15)8-5-3-2-4-6-8/h2-6H,1H3,(H,13,15)(H,16,17). The van der Waals surface area contributed by atoms with E-state index in [-0.39, 0.29) is 17.1 Å². The molecule has 0 radical (unpaired) electrons. The minimum atomic E-state index is -1.20. The Morgan fingerprint density at radius 3 is 2.56 bits per heavy atom. The minimum absolute atomic E-state index is 0.140. The van der Waals surface area contributed by atoms with Gasteiger partial charge in [-0.15, -0.1) is 0 Å². The molecule has 0 aliphatic rings. The van der Waals surface area contributed by atoms with Crippen LogP contribution in [0, 0.1) is 6.92 Å². The van der Waals surface area contributed by atoms with Gasteiger partial charge in [0, 0.05) is 5.56 Å². The maximum atomic E-state index is 11.8. The molecule has 0 saturated heterocycles. The zero-order chi connectivity index (χ0) is 13.1. The number of aryl methyl sites for hydroxylation is 1. The van der Waals surface area contributed by atoms with Gasteiger partial charge in [0.15, 0.2) is 0 Å². The second kappa shape index (κ2) is 4.70. The summed E-state index contributed by atoms with van der Waals surface area (Å²) in [5, 5.41) is 14.9. The number of amides is 1. The van der Waals surface area contributed by atoms with Gasteiger partial charge >= 0.3 is 5.97 Å². The zero-order valence-corrected chi connectivity index (χ0v) is 9.51. The maximum Gasteiger partial charge on any atom is 0.343 e. The van der Waals surface area contributed by atoms with Gasteiger partial charge in [-0.3, -0.25) is 10.1 Å². The highest BCUT2D eigenvalue weighted by molar-refractivity contribution is 6.06. The lowest BCUT2D eigenvalue weighted by Crippen LogP contribution is -2.13. The summed E-state index contributed by atoms with van der Waals surface area (Å²) in [5.41, 5.74) is 0.480. The molecule has 0 bridgehead atoms. The van der Waals surface area contributed by atoms with E-state index in [0.717, 1.165) is 0 Å². The van der Waals surface area contributed by atoms with Crippen molar-refractivity contribution in [2.45, 2.75) is 6.92 Å². The fraction of sp³-hybridized carbons (Fsp3) is 0.0833. The van der Waals surface area contributed by atoms with E-state index in [1.807, 2.05) is 0 Å². The summed E-state index contributed by atoms with van der Waals surface area (Å²) in [6, 6.07) is 8.41. The maximum absolute atomic E-state index is 11.8. The van der Waals surface area contributed by atoms with Crippen molar-refractivity contribution >= 4 is 17.8 Å². The van der Waals surface area contributed by atoms with Gasteiger partial charge in [-0.2, -0.15) is 0 Å². The van der Waals surface area contributed by atoms with Crippen LogP contribution in [0.25, 0.3) is 0 Å². The monoisotopic (exact) mass is 246 g/mol. The van der Waals surface area contributed by atoms with Gasteiger partial charge < -0.3 is 9.63 Å². The first-order chi connectivity index (χ1) is 8.59. The molecular formula is C12H10N2O4. The Balaban J connectivity index is 2.25. The smallest absolute Gasteiger partial charge is 0.343 e. The van der Waals surface area contributed by atoms with Crippen LogP contribution in [0.2, 0.25) is 0 Å². The number of benzene rings is 1. The highest BCUT2D eigenvalue weighted by Gasteiger charge is 2.21. The molecule has 0 atom stereocenters. The summed E-state index contributed by atoms with van der Waals surface area (Å²) in [6.07, 6.45) is 0. The van der Waals surface area contributed by atoms with Gasteiger partial charge in [-0.1, -0.05) is 23.4 Å². The second-order valence-electron chi connectivity index (χ2n) is 3.60. The molecule has 2 aromatic rings. The van der Waals surface area contributed by atoms with Crippen LogP contribution in [0.15, 0.2) is 34.9 Å². The molecule has 2 N–H and O–H groups in total. The molecule has 1 heterocycles. The van der Waals surface area contributed by atoms with Crippen LogP contribution in [-0.4, -0.2) is 22.1 Å². The molecule has 6 heteroatoms. The third kappa shape index (κ3) is 2.22. The van der Waals surface area contributed by atoms with E-state index in [1.54, 1.807) is 30.3 Å². The minimum Gasteiger partial charge on any atom is -0.477 e. The first-order valence-electron chi connectivity index (χ1n) is 5.15. The van der Waals surface area contributed by atoms with Crippen molar-refractivity contribution in [2.24, 2.45) is 0 Å². The number of carbonyl (C=O) groups is 2. The van der Waals surface area contributed by atoms with Gasteiger partial charge in [0.05, 0.1) is 5.69 Å². The largest absolute Gasteiger partial charge is 0.477 e. The fourth-order valence-corrected chi connectivity index (χ4v) is 1.47. The highest BCUT2D eigenvalue weighted by atomic mass is 16.5. The average molecular weight is 246 g/mol. The van der Waals surface area contributed by atoms with Gasteiger partial charge in [0.25, 0.3) is 5.91 Å². The highest BCUT2D eigenvalue weighted by Crippen LogP contribution is 2.19. The Kier molecular flexibility index (Phi) is 3.09. The lowest BCUT2D eigenvalue weighted by atomic mass is 10.2. The number of nitrogens with one attached hydrogen (secondary N) is 1. The quantitative estimate of drug-likeness (QED) is 0.863. The molecule has 0 spiro atoms. The molecule has 1 aromatic carbocycles. The van der Waals surface area contributed by atoms with E-state index >= 15 is 0 Å². The van der Waals surface area contributed by atoms with Crippen molar-refractivity contribution < 1.29 is 19.2 Å². The predicted octanol–water partition coefficient (Wildman–Crippen LogP) is 1.93. The predicted molar refractivity (Wildman–Crippen MR) is 62.6 cm³/mol. The van der Waals surface area contributed by atoms with Crippen LogP contribution in [0.3, 0.4) is 0 Å². The number of hydrogen-bond donors (Lipinski definition) is 2. The van der Waals surface area contributed by atoms with Crippen LogP contribution < -0.4 is 5.32 Å². The average Bonchev–Trinajstić information content (AvgIpc) is 2.71. The second-order valence-corrected chi connectivity index (χ2v) is 3.60. The zero-order valence-electron chi connectivity index (χ0n) is 9.51. The molecule has 2 rings (SSSR count). The number of rotatable bonds is 3.